The molecule has 0 aromatic carbocycles. The van der Waals surface area contributed by atoms with E-state index in [1.54, 1.807) is 0 Å². The molecule has 0 aromatic rings. The zero-order valence-corrected chi connectivity index (χ0v) is 15.0. The van der Waals surface area contributed by atoms with Crippen LogP contribution >= 0.6 is 0 Å². The lowest BCUT2D eigenvalue weighted by atomic mass is 9.76. The van der Waals surface area contributed by atoms with Crippen molar-refractivity contribution in [1.82, 2.24) is 4.90 Å². The molecule has 2 N–H and O–H groups in total. The molecule has 0 atom stereocenters. The number of hydrogen-bond acceptors (Lipinski definition) is 2. The average molecular weight is 297 g/mol. The van der Waals surface area contributed by atoms with Crippen molar-refractivity contribution in [1.29, 1.82) is 0 Å². The van der Waals surface area contributed by atoms with E-state index in [4.69, 9.17) is 5.73 Å². The summed E-state index contributed by atoms with van der Waals surface area (Å²) in [5.74, 6) is 0.905. The van der Waals surface area contributed by atoms with Gasteiger partial charge in [-0.25, -0.2) is 0 Å². The van der Waals surface area contributed by atoms with Crippen molar-refractivity contribution in [2.45, 2.75) is 96.9 Å². The molecule has 1 aliphatic rings. The number of nitrogens with zero attached hydrogens (tertiary/aromatic N) is 1. The zero-order valence-electron chi connectivity index (χ0n) is 15.0. The SMILES string of the molecule is CCCCCCCCCN(CC)C1(CN)CCC(C)CC1. The van der Waals surface area contributed by atoms with Crippen LogP contribution in [0.3, 0.4) is 0 Å². The van der Waals surface area contributed by atoms with E-state index in [1.165, 1.54) is 83.7 Å². The van der Waals surface area contributed by atoms with Crippen LogP contribution in [0, 0.1) is 5.92 Å². The first-order valence-corrected chi connectivity index (χ1v) is 9.63. The first kappa shape index (κ1) is 19.0. The third kappa shape index (κ3) is 6.28. The molecule has 1 saturated carbocycles. The number of unbranched alkanes of at least 4 members (excludes halogenated alkanes) is 6. The minimum Gasteiger partial charge on any atom is -0.329 e. The van der Waals surface area contributed by atoms with E-state index in [2.05, 4.69) is 25.7 Å². The smallest absolute Gasteiger partial charge is 0.0331 e. The summed E-state index contributed by atoms with van der Waals surface area (Å²) in [4.78, 5) is 2.71. The highest BCUT2D eigenvalue weighted by atomic mass is 15.2. The predicted octanol–water partition coefficient (Wildman–Crippen LogP) is 4.97. The van der Waals surface area contributed by atoms with Gasteiger partial charge in [0.15, 0.2) is 0 Å². The number of hydrogen-bond donors (Lipinski definition) is 1. The Bertz CT molecular complexity index is 244. The monoisotopic (exact) mass is 296 g/mol. The van der Waals surface area contributed by atoms with Gasteiger partial charge in [-0.3, -0.25) is 4.90 Å². The lowest BCUT2D eigenvalue weighted by Gasteiger charge is -2.47. The van der Waals surface area contributed by atoms with Crippen LogP contribution in [0.2, 0.25) is 0 Å². The zero-order chi connectivity index (χ0) is 15.6. The van der Waals surface area contributed by atoms with Gasteiger partial charge in [0.25, 0.3) is 0 Å². The van der Waals surface area contributed by atoms with Gasteiger partial charge >= 0.3 is 0 Å². The molecule has 2 heteroatoms. The van der Waals surface area contributed by atoms with Gasteiger partial charge in [-0.2, -0.15) is 0 Å². The van der Waals surface area contributed by atoms with Gasteiger partial charge in [0, 0.05) is 12.1 Å². The molecule has 2 nitrogen and oxygen atoms in total. The molecule has 1 aliphatic carbocycles. The predicted molar refractivity (Wildman–Crippen MR) is 94.7 cm³/mol. The van der Waals surface area contributed by atoms with Crippen LogP contribution in [0.5, 0.6) is 0 Å². The lowest BCUT2D eigenvalue weighted by molar-refractivity contribution is 0.0475. The number of likely N-dealkylation sites (N-methyl/N-ethyl adjacent to an activating group) is 1. The van der Waals surface area contributed by atoms with Crippen LogP contribution < -0.4 is 5.73 Å². The summed E-state index contributed by atoms with van der Waals surface area (Å²) in [7, 11) is 0. The van der Waals surface area contributed by atoms with Crippen LogP contribution in [0.1, 0.15) is 91.4 Å². The second kappa shape index (κ2) is 10.6. The Labute approximate surface area is 133 Å². The molecule has 21 heavy (non-hydrogen) atoms. The highest BCUT2D eigenvalue weighted by molar-refractivity contribution is 4.95. The highest BCUT2D eigenvalue weighted by Gasteiger charge is 2.37. The molecule has 0 spiro atoms. The van der Waals surface area contributed by atoms with E-state index < -0.39 is 0 Å². The van der Waals surface area contributed by atoms with Crippen molar-refractivity contribution in [2.75, 3.05) is 19.6 Å². The van der Waals surface area contributed by atoms with Gasteiger partial charge in [0.05, 0.1) is 0 Å². The van der Waals surface area contributed by atoms with Gasteiger partial charge in [-0.05, 0) is 51.1 Å². The van der Waals surface area contributed by atoms with E-state index in [-0.39, 0.29) is 0 Å². The van der Waals surface area contributed by atoms with E-state index in [9.17, 15) is 0 Å². The first-order chi connectivity index (χ1) is 10.2. The minimum atomic E-state index is 0.323. The Balaban J connectivity index is 2.29. The Kier molecular flexibility index (Phi) is 9.59. The fraction of sp³-hybridized carbons (Fsp3) is 1.00. The van der Waals surface area contributed by atoms with E-state index >= 15 is 0 Å². The molecule has 1 rings (SSSR count). The molecule has 0 amide bonds. The van der Waals surface area contributed by atoms with Crippen LogP contribution in [-0.4, -0.2) is 30.1 Å². The Morgan fingerprint density at radius 2 is 1.52 bits per heavy atom. The van der Waals surface area contributed by atoms with Crippen LogP contribution in [0.15, 0.2) is 0 Å². The summed E-state index contributed by atoms with van der Waals surface area (Å²) in [6.45, 7) is 10.3. The normalized spacial score (nSPS) is 26.4. The Morgan fingerprint density at radius 3 is 2.05 bits per heavy atom. The van der Waals surface area contributed by atoms with Gasteiger partial charge in [-0.15, -0.1) is 0 Å². The fourth-order valence-electron chi connectivity index (χ4n) is 3.94. The largest absolute Gasteiger partial charge is 0.329 e. The second-order valence-corrected chi connectivity index (χ2v) is 7.31. The molecular weight excluding hydrogens is 256 g/mol. The fourth-order valence-corrected chi connectivity index (χ4v) is 3.94. The topological polar surface area (TPSA) is 29.3 Å². The maximum absolute atomic E-state index is 6.20. The molecule has 1 fully saturated rings. The summed E-state index contributed by atoms with van der Waals surface area (Å²) in [6, 6.07) is 0. The van der Waals surface area contributed by atoms with Gasteiger partial charge < -0.3 is 5.73 Å². The second-order valence-electron chi connectivity index (χ2n) is 7.31. The van der Waals surface area contributed by atoms with Crippen LogP contribution in [0.25, 0.3) is 0 Å². The summed E-state index contributed by atoms with van der Waals surface area (Å²) in [5.41, 5.74) is 6.53. The summed E-state index contributed by atoms with van der Waals surface area (Å²) in [5, 5.41) is 0. The summed E-state index contributed by atoms with van der Waals surface area (Å²) in [6.07, 6.45) is 15.2. The van der Waals surface area contributed by atoms with Crippen molar-refractivity contribution in [2.24, 2.45) is 11.7 Å². The van der Waals surface area contributed by atoms with E-state index in [1.807, 2.05) is 0 Å². The Morgan fingerprint density at radius 1 is 0.952 bits per heavy atom. The van der Waals surface area contributed by atoms with Crippen molar-refractivity contribution in [3.63, 3.8) is 0 Å². The van der Waals surface area contributed by atoms with Crippen molar-refractivity contribution < 1.29 is 0 Å². The highest BCUT2D eigenvalue weighted by Crippen LogP contribution is 2.35. The third-order valence-corrected chi connectivity index (χ3v) is 5.67. The van der Waals surface area contributed by atoms with E-state index in [0.29, 0.717) is 5.54 Å². The molecule has 0 aromatic heterocycles. The third-order valence-electron chi connectivity index (χ3n) is 5.67. The molecular formula is C19H40N2. The summed E-state index contributed by atoms with van der Waals surface area (Å²) < 4.78 is 0. The number of rotatable bonds is 11. The maximum atomic E-state index is 6.20. The molecule has 0 unspecified atom stereocenters. The van der Waals surface area contributed by atoms with Crippen molar-refractivity contribution in [3.05, 3.63) is 0 Å². The summed E-state index contributed by atoms with van der Waals surface area (Å²) >= 11 is 0. The van der Waals surface area contributed by atoms with Crippen molar-refractivity contribution >= 4 is 0 Å². The minimum absolute atomic E-state index is 0.323. The molecule has 0 saturated heterocycles. The van der Waals surface area contributed by atoms with Gasteiger partial charge in [0.2, 0.25) is 0 Å². The van der Waals surface area contributed by atoms with Crippen LogP contribution in [-0.2, 0) is 0 Å². The first-order valence-electron chi connectivity index (χ1n) is 9.63. The average Bonchev–Trinajstić information content (AvgIpc) is 2.52. The molecule has 0 bridgehead atoms. The molecule has 0 heterocycles. The lowest BCUT2D eigenvalue weighted by Crippen LogP contribution is -2.55. The quantitative estimate of drug-likeness (QED) is 0.546. The number of nitrogens with two attached hydrogens (primary N) is 1. The Hall–Kier alpha value is -0.0800. The van der Waals surface area contributed by atoms with Crippen molar-refractivity contribution in [3.8, 4) is 0 Å². The van der Waals surface area contributed by atoms with Crippen LogP contribution in [0.4, 0.5) is 0 Å². The molecule has 0 aliphatic heterocycles. The molecule has 126 valence electrons. The molecule has 0 radical (unpaired) electrons. The van der Waals surface area contributed by atoms with Gasteiger partial charge in [-0.1, -0.05) is 59.3 Å². The van der Waals surface area contributed by atoms with E-state index in [0.717, 1.165) is 12.5 Å². The standard InChI is InChI=1S/C19H40N2/c1-4-6-7-8-9-10-11-16-21(5-2)19(17-20)14-12-18(3)13-15-19/h18H,4-17,20H2,1-3H3. The maximum Gasteiger partial charge on any atom is 0.0331 e. The van der Waals surface area contributed by atoms with Gasteiger partial charge in [0.1, 0.15) is 0 Å².